The van der Waals surface area contributed by atoms with Gasteiger partial charge in [-0.3, -0.25) is 0 Å². The molecule has 0 bridgehead atoms. The van der Waals surface area contributed by atoms with Crippen LogP contribution in [0.2, 0.25) is 0 Å². The highest BCUT2D eigenvalue weighted by Crippen LogP contribution is 1.98. The molecule has 0 saturated carbocycles. The van der Waals surface area contributed by atoms with E-state index in [0.717, 1.165) is 6.61 Å². The Kier molecular flexibility index (Phi) is 4.72. The van der Waals surface area contributed by atoms with E-state index in [1.165, 1.54) is 0 Å². The van der Waals surface area contributed by atoms with Crippen molar-refractivity contribution in [3.05, 3.63) is 0 Å². The van der Waals surface area contributed by atoms with Gasteiger partial charge in [0.05, 0.1) is 0 Å². The van der Waals surface area contributed by atoms with E-state index in [9.17, 15) is 0 Å². The minimum absolute atomic E-state index is 0.651. The second-order valence-corrected chi connectivity index (χ2v) is 2.75. The molecule has 0 aromatic rings. The third kappa shape index (κ3) is 5.80. The average molecular weight is 133 g/mol. The van der Waals surface area contributed by atoms with Gasteiger partial charge in [0.2, 0.25) is 0 Å². The molecule has 2 nitrogen and oxygen atoms in total. The van der Waals surface area contributed by atoms with E-state index >= 15 is 0 Å². The molecule has 0 aliphatic rings. The molecular formula is C7H17O2+. The fourth-order valence-electron chi connectivity index (χ4n) is 0.818. The maximum absolute atomic E-state index is 4.89. The zero-order valence-electron chi connectivity index (χ0n) is 6.81. The van der Waals surface area contributed by atoms with Gasteiger partial charge in [0.1, 0.15) is 13.7 Å². The summed E-state index contributed by atoms with van der Waals surface area (Å²) in [7, 11) is 3.67. The van der Waals surface area contributed by atoms with Gasteiger partial charge in [-0.15, -0.1) is 0 Å². The molecule has 0 aliphatic heterocycles. The van der Waals surface area contributed by atoms with Gasteiger partial charge in [0, 0.05) is 13.0 Å². The Morgan fingerprint density at radius 1 is 1.44 bits per heavy atom. The molecule has 56 valence electrons. The van der Waals surface area contributed by atoms with Crippen molar-refractivity contribution in [1.29, 1.82) is 0 Å². The summed E-state index contributed by atoms with van der Waals surface area (Å²) in [5.41, 5.74) is 0. The zero-order valence-corrected chi connectivity index (χ0v) is 6.81. The Balaban J connectivity index is 3.15. The lowest BCUT2D eigenvalue weighted by atomic mass is 10.2. The van der Waals surface area contributed by atoms with E-state index in [1.54, 1.807) is 7.11 Å². The van der Waals surface area contributed by atoms with Crippen molar-refractivity contribution in [2.24, 2.45) is 5.92 Å². The molecule has 0 aromatic heterocycles. The van der Waals surface area contributed by atoms with Crippen molar-refractivity contribution >= 4 is 0 Å². The standard InChI is InChI=1S/C7H17O2/c1-7(2)5-9(4)6-8-3/h7H,5-6H2,1-4H3/q+1. The minimum atomic E-state index is 0.651. The first-order valence-corrected chi connectivity index (χ1v) is 3.25. The Bertz CT molecular complexity index is 61.9. The molecule has 0 heterocycles. The molecular weight excluding hydrogens is 116 g/mol. The van der Waals surface area contributed by atoms with Gasteiger partial charge in [0.25, 0.3) is 6.79 Å². The summed E-state index contributed by atoms with van der Waals surface area (Å²) < 4.78 is 7.77. The maximum Gasteiger partial charge on any atom is 0.255 e. The Morgan fingerprint density at radius 3 is 2.33 bits per heavy atom. The van der Waals surface area contributed by atoms with E-state index in [-0.39, 0.29) is 0 Å². The molecule has 0 aliphatic carbocycles. The third-order valence-electron chi connectivity index (χ3n) is 0.937. The predicted octanol–water partition coefficient (Wildman–Crippen LogP) is 1.43. The summed E-state index contributed by atoms with van der Waals surface area (Å²) in [6.45, 7) is 6.03. The number of ether oxygens (including phenoxy) is 1. The second kappa shape index (κ2) is 4.77. The van der Waals surface area contributed by atoms with Crippen LogP contribution in [0.25, 0.3) is 0 Å². The van der Waals surface area contributed by atoms with Crippen molar-refractivity contribution < 1.29 is 9.10 Å². The Hall–Kier alpha value is -0.0800. The Labute approximate surface area is 57.5 Å². The van der Waals surface area contributed by atoms with Crippen LogP contribution in [-0.2, 0) is 9.10 Å². The quantitative estimate of drug-likeness (QED) is 0.417. The minimum Gasteiger partial charge on any atom is -0.402 e. The molecule has 0 saturated heterocycles. The summed E-state index contributed by atoms with van der Waals surface area (Å²) in [6.07, 6.45) is 0. The fourth-order valence-corrected chi connectivity index (χ4v) is 0.818. The number of rotatable bonds is 4. The van der Waals surface area contributed by atoms with E-state index in [0.29, 0.717) is 12.7 Å². The number of hydrogen-bond donors (Lipinski definition) is 0. The predicted molar refractivity (Wildman–Crippen MR) is 38.6 cm³/mol. The molecule has 0 N–H and O–H groups in total. The van der Waals surface area contributed by atoms with E-state index in [1.807, 2.05) is 7.11 Å². The lowest BCUT2D eigenvalue weighted by Crippen LogP contribution is -2.16. The van der Waals surface area contributed by atoms with Crippen molar-refractivity contribution in [3.63, 3.8) is 0 Å². The van der Waals surface area contributed by atoms with Gasteiger partial charge in [-0.2, -0.15) is 0 Å². The fraction of sp³-hybridized carbons (Fsp3) is 1.00. The van der Waals surface area contributed by atoms with E-state index < -0.39 is 0 Å². The highest BCUT2D eigenvalue weighted by molar-refractivity contribution is 4.39. The van der Waals surface area contributed by atoms with Gasteiger partial charge >= 0.3 is 0 Å². The topological polar surface area (TPSA) is 11.9 Å². The first kappa shape index (κ1) is 8.92. The SMILES string of the molecule is COC[O+](C)CC(C)C. The summed E-state index contributed by atoms with van der Waals surface area (Å²) in [6, 6.07) is 0. The third-order valence-corrected chi connectivity index (χ3v) is 0.937. The normalized spacial score (nSPS) is 11.3. The Morgan fingerprint density at radius 2 is 2.00 bits per heavy atom. The summed E-state index contributed by atoms with van der Waals surface area (Å²) >= 11 is 0. The average Bonchev–Trinajstić information content (AvgIpc) is 1.63. The van der Waals surface area contributed by atoms with Crippen molar-refractivity contribution in [2.45, 2.75) is 13.8 Å². The van der Waals surface area contributed by atoms with Crippen LogP contribution in [0.5, 0.6) is 0 Å². The van der Waals surface area contributed by atoms with Crippen LogP contribution in [0.1, 0.15) is 13.8 Å². The molecule has 0 rings (SSSR count). The van der Waals surface area contributed by atoms with Crippen LogP contribution >= 0.6 is 0 Å². The van der Waals surface area contributed by atoms with Gasteiger partial charge < -0.3 is 9.10 Å². The van der Waals surface area contributed by atoms with Gasteiger partial charge in [-0.25, -0.2) is 0 Å². The lowest BCUT2D eigenvalue weighted by molar-refractivity contribution is -0.196. The molecule has 0 aromatic carbocycles. The van der Waals surface area contributed by atoms with Crippen molar-refractivity contribution in [1.82, 2.24) is 0 Å². The lowest BCUT2D eigenvalue weighted by Gasteiger charge is -2.14. The molecule has 2 heteroatoms. The zero-order chi connectivity index (χ0) is 7.28. The van der Waals surface area contributed by atoms with Crippen molar-refractivity contribution in [2.75, 3.05) is 27.6 Å². The maximum atomic E-state index is 4.89. The monoisotopic (exact) mass is 133 g/mol. The van der Waals surface area contributed by atoms with Crippen LogP contribution in [0.15, 0.2) is 0 Å². The van der Waals surface area contributed by atoms with Gasteiger partial charge in [-0.1, -0.05) is 13.8 Å². The first-order chi connectivity index (χ1) is 4.16. The summed E-state index contributed by atoms with van der Waals surface area (Å²) in [5, 5.41) is 0. The number of methoxy groups -OCH3 is 1. The molecule has 0 fully saturated rings. The van der Waals surface area contributed by atoms with Gasteiger partial charge in [0.15, 0.2) is 0 Å². The van der Waals surface area contributed by atoms with Crippen LogP contribution in [-0.4, -0.2) is 27.6 Å². The molecule has 0 spiro atoms. The van der Waals surface area contributed by atoms with Crippen molar-refractivity contribution in [3.8, 4) is 0 Å². The summed E-state index contributed by atoms with van der Waals surface area (Å²) in [4.78, 5) is 0. The molecule has 0 radical (unpaired) electrons. The largest absolute Gasteiger partial charge is 0.402 e. The molecule has 0 atom stereocenters. The highest BCUT2D eigenvalue weighted by Gasteiger charge is 2.03. The van der Waals surface area contributed by atoms with E-state index in [2.05, 4.69) is 18.2 Å². The van der Waals surface area contributed by atoms with E-state index in [4.69, 9.17) is 4.74 Å². The molecule has 0 amide bonds. The smallest absolute Gasteiger partial charge is 0.255 e. The van der Waals surface area contributed by atoms with Crippen LogP contribution < -0.4 is 0 Å². The highest BCUT2D eigenvalue weighted by atomic mass is 16.8. The second-order valence-electron chi connectivity index (χ2n) is 2.75. The van der Waals surface area contributed by atoms with Crippen LogP contribution in [0.3, 0.4) is 0 Å². The molecule has 0 unspecified atom stereocenters. The van der Waals surface area contributed by atoms with Crippen LogP contribution in [0.4, 0.5) is 0 Å². The number of hydrogen-bond acceptors (Lipinski definition) is 1. The first-order valence-electron chi connectivity index (χ1n) is 3.25. The van der Waals surface area contributed by atoms with Gasteiger partial charge in [-0.05, 0) is 0 Å². The van der Waals surface area contributed by atoms with Crippen LogP contribution in [0, 0.1) is 5.92 Å². The summed E-state index contributed by atoms with van der Waals surface area (Å²) in [5.74, 6) is 0.690. The molecule has 9 heavy (non-hydrogen) atoms.